The molecule has 0 N–H and O–H groups in total. The average molecular weight is 470 g/mol. The second-order valence-corrected chi connectivity index (χ2v) is 8.96. The zero-order valence-electron chi connectivity index (χ0n) is 16.3. The number of methoxy groups -OCH3 is 1. The van der Waals surface area contributed by atoms with Crippen molar-refractivity contribution in [3.8, 4) is 11.5 Å². The van der Waals surface area contributed by atoms with Gasteiger partial charge in [0.1, 0.15) is 0 Å². The summed E-state index contributed by atoms with van der Waals surface area (Å²) in [4.78, 5) is 14.8. The number of benzene rings is 2. The molecule has 0 spiro atoms. The third-order valence-electron chi connectivity index (χ3n) is 4.30. The maximum Gasteiger partial charge on any atom is 0.306 e. The lowest BCUT2D eigenvalue weighted by molar-refractivity contribution is 0.0671. The van der Waals surface area contributed by atoms with Gasteiger partial charge in [0.05, 0.1) is 13.4 Å². The van der Waals surface area contributed by atoms with Crippen molar-refractivity contribution in [3.05, 3.63) is 58.1 Å². The summed E-state index contributed by atoms with van der Waals surface area (Å²) in [6.45, 7) is 4.31. The van der Waals surface area contributed by atoms with Crippen molar-refractivity contribution < 1.29 is 22.1 Å². The Balaban J connectivity index is 2.35. The average Bonchev–Trinajstić information content (AvgIpc) is 2.64. The molecule has 2 aromatic rings. The third kappa shape index (κ3) is 5.97. The Bertz CT molecular complexity index is 928. The van der Waals surface area contributed by atoms with Crippen molar-refractivity contribution in [2.75, 3.05) is 13.4 Å². The Hall–Kier alpha value is -2.06. The van der Waals surface area contributed by atoms with Crippen LogP contribution in [0.3, 0.4) is 0 Å². The Morgan fingerprint density at radius 2 is 1.79 bits per heavy atom. The van der Waals surface area contributed by atoms with E-state index in [1.165, 1.54) is 7.11 Å². The number of rotatable bonds is 8. The van der Waals surface area contributed by atoms with E-state index in [1.807, 2.05) is 26.0 Å². The van der Waals surface area contributed by atoms with Crippen LogP contribution in [-0.2, 0) is 16.7 Å². The van der Waals surface area contributed by atoms with Crippen LogP contribution in [0.25, 0.3) is 0 Å². The fourth-order valence-corrected chi connectivity index (χ4v) is 3.37. The zero-order valence-corrected chi connectivity index (χ0v) is 18.7. The van der Waals surface area contributed by atoms with Gasteiger partial charge in [-0.25, -0.2) is 0 Å². The fourth-order valence-electron chi connectivity index (χ4n) is 2.65. The van der Waals surface area contributed by atoms with Gasteiger partial charge >= 0.3 is 10.1 Å². The Morgan fingerprint density at radius 3 is 2.32 bits per heavy atom. The topological polar surface area (TPSA) is 72.9 Å². The molecule has 0 aliphatic heterocycles. The zero-order chi connectivity index (χ0) is 20.9. The van der Waals surface area contributed by atoms with Crippen LogP contribution >= 0.6 is 15.9 Å². The van der Waals surface area contributed by atoms with E-state index >= 15 is 0 Å². The maximum absolute atomic E-state index is 13.1. The first-order chi connectivity index (χ1) is 13.1. The molecule has 0 saturated heterocycles. The molecule has 1 amide bonds. The number of nitrogens with zero attached hydrogens (tertiary/aromatic N) is 1. The number of amides is 1. The Morgan fingerprint density at radius 1 is 1.14 bits per heavy atom. The van der Waals surface area contributed by atoms with Gasteiger partial charge in [-0.3, -0.25) is 4.79 Å². The summed E-state index contributed by atoms with van der Waals surface area (Å²) in [6.07, 6.45) is 1.76. The van der Waals surface area contributed by atoms with Gasteiger partial charge in [-0.15, -0.1) is 0 Å². The van der Waals surface area contributed by atoms with Crippen molar-refractivity contribution in [1.82, 2.24) is 4.90 Å². The largest absolute Gasteiger partial charge is 0.493 e. The van der Waals surface area contributed by atoms with Crippen molar-refractivity contribution in [2.45, 2.75) is 32.9 Å². The van der Waals surface area contributed by atoms with Gasteiger partial charge in [-0.1, -0.05) is 28.9 Å². The van der Waals surface area contributed by atoms with Crippen LogP contribution in [0.1, 0.15) is 36.2 Å². The van der Waals surface area contributed by atoms with Gasteiger partial charge in [-0.05, 0) is 55.3 Å². The van der Waals surface area contributed by atoms with Gasteiger partial charge in [-0.2, -0.15) is 8.42 Å². The first kappa shape index (κ1) is 22.2. The predicted molar refractivity (Wildman–Crippen MR) is 112 cm³/mol. The van der Waals surface area contributed by atoms with Gasteiger partial charge in [0.25, 0.3) is 5.91 Å². The highest BCUT2D eigenvalue weighted by molar-refractivity contribution is 9.10. The first-order valence-electron chi connectivity index (χ1n) is 8.77. The SMILES string of the molecule is CCC(C)N(Cc1ccc(OC)c(OS(C)(=O)=O)c1)C(=O)c1ccc(Br)cc1. The molecule has 0 fully saturated rings. The quantitative estimate of drug-likeness (QED) is 0.540. The summed E-state index contributed by atoms with van der Waals surface area (Å²) in [6, 6.07) is 12.2. The molecule has 0 heterocycles. The molecule has 28 heavy (non-hydrogen) atoms. The summed E-state index contributed by atoms with van der Waals surface area (Å²) in [5, 5.41) is 0. The van der Waals surface area contributed by atoms with E-state index in [1.54, 1.807) is 35.2 Å². The monoisotopic (exact) mass is 469 g/mol. The fraction of sp³-hybridized carbons (Fsp3) is 0.350. The lowest BCUT2D eigenvalue weighted by atomic mass is 10.1. The van der Waals surface area contributed by atoms with Crippen LogP contribution in [0, 0.1) is 0 Å². The summed E-state index contributed by atoms with van der Waals surface area (Å²) in [5.41, 5.74) is 1.33. The molecule has 6 nitrogen and oxygen atoms in total. The van der Waals surface area contributed by atoms with Crippen LogP contribution in [0.2, 0.25) is 0 Å². The van der Waals surface area contributed by atoms with Crippen LogP contribution in [-0.4, -0.2) is 38.6 Å². The minimum absolute atomic E-state index is 0.00229. The molecule has 152 valence electrons. The summed E-state index contributed by atoms with van der Waals surface area (Å²) < 4.78 is 34.2. The first-order valence-corrected chi connectivity index (χ1v) is 11.4. The van der Waals surface area contributed by atoms with E-state index in [0.717, 1.165) is 22.7 Å². The van der Waals surface area contributed by atoms with E-state index in [4.69, 9.17) is 8.92 Å². The summed E-state index contributed by atoms with van der Waals surface area (Å²) >= 11 is 3.37. The molecular formula is C20H24BrNO5S. The lowest BCUT2D eigenvalue weighted by Gasteiger charge is -2.29. The minimum Gasteiger partial charge on any atom is -0.493 e. The lowest BCUT2D eigenvalue weighted by Crippen LogP contribution is -2.37. The summed E-state index contributed by atoms with van der Waals surface area (Å²) in [7, 11) is -2.27. The van der Waals surface area contributed by atoms with Crippen molar-refractivity contribution in [3.63, 3.8) is 0 Å². The van der Waals surface area contributed by atoms with Crippen molar-refractivity contribution in [2.24, 2.45) is 0 Å². The van der Waals surface area contributed by atoms with Gasteiger partial charge in [0, 0.05) is 22.6 Å². The predicted octanol–water partition coefficient (Wildman–Crippen LogP) is 4.24. The smallest absolute Gasteiger partial charge is 0.306 e. The Labute approximate surface area is 174 Å². The molecule has 2 rings (SSSR count). The molecular weight excluding hydrogens is 446 g/mol. The molecule has 1 atom stereocenters. The molecule has 0 aromatic heterocycles. The molecule has 8 heteroatoms. The third-order valence-corrected chi connectivity index (χ3v) is 5.31. The number of carbonyl (C=O) groups excluding carboxylic acids is 1. The van der Waals surface area contributed by atoms with Crippen LogP contribution in [0.5, 0.6) is 11.5 Å². The maximum atomic E-state index is 13.1. The van der Waals surface area contributed by atoms with Crippen molar-refractivity contribution >= 4 is 32.0 Å². The van der Waals surface area contributed by atoms with Crippen LogP contribution < -0.4 is 8.92 Å². The highest BCUT2D eigenvalue weighted by atomic mass is 79.9. The van der Waals surface area contributed by atoms with Gasteiger partial charge < -0.3 is 13.8 Å². The number of hydrogen-bond donors (Lipinski definition) is 0. The molecule has 0 aliphatic carbocycles. The van der Waals surface area contributed by atoms with Gasteiger partial charge in [0.2, 0.25) is 0 Å². The van der Waals surface area contributed by atoms with E-state index in [0.29, 0.717) is 17.9 Å². The van der Waals surface area contributed by atoms with E-state index < -0.39 is 10.1 Å². The molecule has 0 bridgehead atoms. The second kappa shape index (κ2) is 9.43. The summed E-state index contributed by atoms with van der Waals surface area (Å²) in [5.74, 6) is 0.314. The molecule has 0 radical (unpaired) electrons. The van der Waals surface area contributed by atoms with Crippen molar-refractivity contribution in [1.29, 1.82) is 0 Å². The van der Waals surface area contributed by atoms with E-state index in [-0.39, 0.29) is 17.7 Å². The van der Waals surface area contributed by atoms with Crippen LogP contribution in [0.4, 0.5) is 0 Å². The highest BCUT2D eigenvalue weighted by Gasteiger charge is 2.22. The van der Waals surface area contributed by atoms with E-state index in [2.05, 4.69) is 15.9 Å². The molecule has 1 unspecified atom stereocenters. The second-order valence-electron chi connectivity index (χ2n) is 6.47. The van der Waals surface area contributed by atoms with E-state index in [9.17, 15) is 13.2 Å². The number of halogens is 1. The number of hydrogen-bond acceptors (Lipinski definition) is 5. The molecule has 0 aliphatic rings. The van der Waals surface area contributed by atoms with Crippen LogP contribution in [0.15, 0.2) is 46.9 Å². The molecule has 0 saturated carbocycles. The highest BCUT2D eigenvalue weighted by Crippen LogP contribution is 2.30. The number of carbonyl (C=O) groups is 1. The Kier molecular flexibility index (Phi) is 7.48. The normalized spacial score (nSPS) is 12.3. The van der Waals surface area contributed by atoms with Gasteiger partial charge in [0.15, 0.2) is 11.5 Å². The number of ether oxygens (including phenoxy) is 1. The standard InChI is InChI=1S/C20H24BrNO5S/c1-5-14(2)22(20(23)16-7-9-17(21)10-8-16)13-15-6-11-18(26-3)19(12-15)27-28(4,24)25/h6-12,14H,5,13H2,1-4H3. The molecule has 2 aromatic carbocycles. The minimum atomic E-state index is -3.70.